The van der Waals surface area contributed by atoms with Crippen molar-refractivity contribution in [2.45, 2.75) is 33.0 Å². The van der Waals surface area contributed by atoms with Crippen molar-refractivity contribution in [3.05, 3.63) is 52.9 Å². The number of nitrogens with zero attached hydrogens (tertiary/aromatic N) is 3. The first-order valence-electron chi connectivity index (χ1n) is 8.87. The third kappa shape index (κ3) is 5.23. The Hall–Kier alpha value is -3.13. The second-order valence-electron chi connectivity index (χ2n) is 7.35. The Kier molecular flexibility index (Phi) is 5.74. The molecular weight excluding hydrogens is 396 g/mol. The number of fused-ring (bicyclic) bond motifs is 1. The number of pyridine rings is 1. The van der Waals surface area contributed by atoms with Crippen LogP contribution in [0, 0.1) is 0 Å². The van der Waals surface area contributed by atoms with E-state index in [-0.39, 0.29) is 6.61 Å². The number of ether oxygens (including phenoxy) is 2. The van der Waals surface area contributed by atoms with Gasteiger partial charge in [-0.2, -0.15) is 0 Å². The summed E-state index contributed by atoms with van der Waals surface area (Å²) in [5.41, 5.74) is 1.34. The number of hydrogen-bond acceptors (Lipinski definition) is 6. The number of carbonyl (C=O) groups is 2. The third-order valence-corrected chi connectivity index (χ3v) is 4.05. The number of benzene rings is 1. The molecule has 0 aliphatic heterocycles. The summed E-state index contributed by atoms with van der Waals surface area (Å²) in [6, 6.07) is 9.93. The van der Waals surface area contributed by atoms with Crippen LogP contribution in [0.15, 0.2) is 36.4 Å². The summed E-state index contributed by atoms with van der Waals surface area (Å²) in [7, 11) is 1.57. The van der Waals surface area contributed by atoms with E-state index in [0.29, 0.717) is 33.4 Å². The van der Waals surface area contributed by atoms with E-state index in [0.717, 1.165) is 0 Å². The molecule has 2 aromatic heterocycles. The first-order valence-corrected chi connectivity index (χ1v) is 9.25. The first-order chi connectivity index (χ1) is 13.6. The Morgan fingerprint density at radius 3 is 2.66 bits per heavy atom. The largest absolute Gasteiger partial charge is 0.454 e. The lowest BCUT2D eigenvalue weighted by Crippen LogP contribution is -2.34. The lowest BCUT2D eigenvalue weighted by atomic mass is 10.2. The van der Waals surface area contributed by atoms with Crippen LogP contribution in [0.3, 0.4) is 0 Å². The molecule has 1 N–H and O–H groups in total. The standard InChI is InChI=1S/C20H21ClN4O4/c1-20(2,3)29-19(27)25(4)13-7-5-6-12(10-13)18(26)28-11-16-22-14-8-9-15(21)23-17(14)24-16/h5-10H,11H2,1-4H3,(H,22,23,24). The van der Waals surface area contributed by atoms with Crippen LogP contribution in [-0.2, 0) is 16.1 Å². The summed E-state index contributed by atoms with van der Waals surface area (Å²) in [5.74, 6) is -0.0963. The van der Waals surface area contributed by atoms with E-state index in [9.17, 15) is 9.59 Å². The van der Waals surface area contributed by atoms with Crippen LogP contribution in [0.1, 0.15) is 37.0 Å². The van der Waals surface area contributed by atoms with Crippen LogP contribution < -0.4 is 4.90 Å². The average Bonchev–Trinajstić information content (AvgIpc) is 3.06. The Bertz CT molecular complexity index is 1060. The van der Waals surface area contributed by atoms with Gasteiger partial charge in [-0.05, 0) is 51.1 Å². The van der Waals surface area contributed by atoms with Gasteiger partial charge in [0.2, 0.25) is 0 Å². The van der Waals surface area contributed by atoms with E-state index >= 15 is 0 Å². The Morgan fingerprint density at radius 2 is 1.93 bits per heavy atom. The maximum Gasteiger partial charge on any atom is 0.414 e. The molecule has 152 valence electrons. The highest BCUT2D eigenvalue weighted by atomic mass is 35.5. The van der Waals surface area contributed by atoms with Gasteiger partial charge >= 0.3 is 12.1 Å². The zero-order chi connectivity index (χ0) is 21.2. The molecule has 1 amide bonds. The fourth-order valence-corrected chi connectivity index (χ4v) is 2.63. The average molecular weight is 417 g/mol. The van der Waals surface area contributed by atoms with E-state index in [1.54, 1.807) is 64.2 Å². The van der Waals surface area contributed by atoms with Crippen LogP contribution in [-0.4, -0.2) is 39.7 Å². The van der Waals surface area contributed by atoms with Gasteiger partial charge in [0.05, 0.1) is 11.1 Å². The van der Waals surface area contributed by atoms with Gasteiger partial charge in [-0.1, -0.05) is 17.7 Å². The molecule has 0 saturated heterocycles. The van der Waals surface area contributed by atoms with E-state index in [2.05, 4.69) is 15.0 Å². The molecule has 0 aliphatic rings. The minimum atomic E-state index is -0.618. The summed E-state index contributed by atoms with van der Waals surface area (Å²) < 4.78 is 10.7. The maximum absolute atomic E-state index is 12.4. The monoisotopic (exact) mass is 416 g/mol. The van der Waals surface area contributed by atoms with Crippen LogP contribution in [0.5, 0.6) is 0 Å². The topological polar surface area (TPSA) is 97.4 Å². The lowest BCUT2D eigenvalue weighted by Gasteiger charge is -2.24. The van der Waals surface area contributed by atoms with Gasteiger partial charge in [0.15, 0.2) is 5.65 Å². The second-order valence-corrected chi connectivity index (χ2v) is 7.74. The van der Waals surface area contributed by atoms with Crippen molar-refractivity contribution in [1.82, 2.24) is 15.0 Å². The Balaban J connectivity index is 1.67. The van der Waals surface area contributed by atoms with Crippen molar-refractivity contribution in [3.8, 4) is 0 Å². The number of nitrogens with one attached hydrogen (secondary N) is 1. The summed E-state index contributed by atoms with van der Waals surface area (Å²) in [4.78, 5) is 37.3. The zero-order valence-corrected chi connectivity index (χ0v) is 17.3. The van der Waals surface area contributed by atoms with Crippen molar-refractivity contribution in [2.24, 2.45) is 0 Å². The molecule has 2 heterocycles. The minimum absolute atomic E-state index is 0.0566. The van der Waals surface area contributed by atoms with Crippen molar-refractivity contribution in [1.29, 1.82) is 0 Å². The molecule has 29 heavy (non-hydrogen) atoms. The van der Waals surface area contributed by atoms with Crippen molar-refractivity contribution in [3.63, 3.8) is 0 Å². The number of hydrogen-bond donors (Lipinski definition) is 1. The number of H-pyrrole nitrogens is 1. The van der Waals surface area contributed by atoms with Gasteiger partial charge in [0.25, 0.3) is 0 Å². The van der Waals surface area contributed by atoms with Crippen molar-refractivity contribution < 1.29 is 19.1 Å². The summed E-state index contributed by atoms with van der Waals surface area (Å²) in [5, 5.41) is 0.332. The molecule has 0 bridgehead atoms. The van der Waals surface area contributed by atoms with Crippen LogP contribution in [0.2, 0.25) is 5.15 Å². The Labute approximate surface area is 172 Å². The highest BCUT2D eigenvalue weighted by molar-refractivity contribution is 6.29. The highest BCUT2D eigenvalue weighted by Gasteiger charge is 2.21. The van der Waals surface area contributed by atoms with Gasteiger partial charge in [0.1, 0.15) is 23.2 Å². The zero-order valence-electron chi connectivity index (χ0n) is 16.5. The summed E-state index contributed by atoms with van der Waals surface area (Å²) >= 11 is 5.85. The second kappa shape index (κ2) is 8.08. The van der Waals surface area contributed by atoms with Crippen LogP contribution in [0.4, 0.5) is 10.5 Å². The number of carbonyl (C=O) groups excluding carboxylic acids is 2. The minimum Gasteiger partial charge on any atom is -0.454 e. The lowest BCUT2D eigenvalue weighted by molar-refractivity contribution is 0.0462. The van der Waals surface area contributed by atoms with Crippen LogP contribution >= 0.6 is 11.6 Å². The maximum atomic E-state index is 12.4. The number of aromatic amines is 1. The highest BCUT2D eigenvalue weighted by Crippen LogP contribution is 2.19. The van der Waals surface area contributed by atoms with Gasteiger partial charge < -0.3 is 14.5 Å². The fraction of sp³-hybridized carbons (Fsp3) is 0.300. The van der Waals surface area contributed by atoms with E-state index < -0.39 is 17.7 Å². The fourth-order valence-electron chi connectivity index (χ4n) is 2.48. The van der Waals surface area contributed by atoms with E-state index in [4.69, 9.17) is 21.1 Å². The van der Waals surface area contributed by atoms with Crippen LogP contribution in [0.25, 0.3) is 11.2 Å². The normalized spacial score (nSPS) is 11.3. The molecule has 1 aromatic carbocycles. The van der Waals surface area contributed by atoms with Gasteiger partial charge in [-0.3, -0.25) is 4.90 Å². The molecule has 0 unspecified atom stereocenters. The molecule has 0 fully saturated rings. The first kappa shape index (κ1) is 20.6. The number of anilines is 1. The SMILES string of the molecule is CN(C(=O)OC(C)(C)C)c1cccc(C(=O)OCc2nc3nc(Cl)ccc3[nH]2)c1. The third-order valence-electron chi connectivity index (χ3n) is 3.84. The molecule has 3 aromatic rings. The predicted molar refractivity (Wildman–Crippen MR) is 109 cm³/mol. The van der Waals surface area contributed by atoms with E-state index in [1.165, 1.54) is 4.90 Å². The Morgan fingerprint density at radius 1 is 1.17 bits per heavy atom. The number of aromatic nitrogens is 3. The number of amides is 1. The van der Waals surface area contributed by atoms with E-state index in [1.807, 2.05) is 0 Å². The van der Waals surface area contributed by atoms with Crippen molar-refractivity contribution in [2.75, 3.05) is 11.9 Å². The number of esters is 1. The summed E-state index contributed by atoms with van der Waals surface area (Å²) in [6.45, 7) is 5.30. The molecular formula is C20H21ClN4O4. The predicted octanol–water partition coefficient (Wildman–Crippen LogP) is 4.34. The molecule has 3 rings (SSSR count). The molecule has 0 radical (unpaired) electrons. The molecule has 0 aliphatic carbocycles. The van der Waals surface area contributed by atoms with Crippen molar-refractivity contribution >= 4 is 40.5 Å². The number of imidazole rings is 1. The van der Waals surface area contributed by atoms with Gasteiger partial charge in [-0.15, -0.1) is 0 Å². The quantitative estimate of drug-likeness (QED) is 0.502. The van der Waals surface area contributed by atoms with Gasteiger partial charge in [-0.25, -0.2) is 19.6 Å². The molecule has 9 heteroatoms. The molecule has 0 atom stereocenters. The summed E-state index contributed by atoms with van der Waals surface area (Å²) in [6.07, 6.45) is -0.517. The smallest absolute Gasteiger partial charge is 0.414 e. The molecule has 0 saturated carbocycles. The molecule has 8 nitrogen and oxygen atoms in total. The molecule has 0 spiro atoms. The number of halogens is 1. The van der Waals surface area contributed by atoms with Gasteiger partial charge in [0, 0.05) is 12.7 Å². The number of rotatable bonds is 4.